The van der Waals surface area contributed by atoms with Gasteiger partial charge in [-0.15, -0.1) is 10.2 Å². The highest BCUT2D eigenvalue weighted by atomic mass is 35.5. The molecule has 0 radical (unpaired) electrons. The Labute approximate surface area is 102 Å². The number of hydrogen-bond donors (Lipinski definition) is 0. The van der Waals surface area contributed by atoms with Gasteiger partial charge in [0, 0.05) is 17.5 Å². The smallest absolute Gasteiger partial charge is 0.186 e. The third-order valence-corrected chi connectivity index (χ3v) is 2.60. The molecule has 0 saturated carbocycles. The first-order valence-electron chi connectivity index (χ1n) is 5.05. The largest absolute Gasteiger partial charge is 0.261 e. The molecule has 0 spiro atoms. The molecule has 0 N–H and O–H groups in total. The summed E-state index contributed by atoms with van der Waals surface area (Å²) >= 11 is 5.86. The lowest BCUT2D eigenvalue weighted by atomic mass is 10.2. The molecule has 3 aromatic heterocycles. The fraction of sp³-hybridized carbons (Fsp3) is 0.0909. The van der Waals surface area contributed by atoms with Crippen LogP contribution in [0.1, 0.15) is 5.69 Å². The van der Waals surface area contributed by atoms with E-state index >= 15 is 0 Å². The van der Waals surface area contributed by atoms with Crippen molar-refractivity contribution in [2.24, 2.45) is 0 Å². The Morgan fingerprint density at radius 3 is 2.76 bits per heavy atom. The van der Waals surface area contributed by atoms with Crippen molar-refractivity contribution in [1.82, 2.24) is 24.8 Å². The quantitative estimate of drug-likeness (QED) is 0.659. The molecule has 17 heavy (non-hydrogen) atoms. The molecule has 5 nitrogen and oxygen atoms in total. The molecule has 0 saturated heterocycles. The molecule has 0 aliphatic rings. The van der Waals surface area contributed by atoms with E-state index in [4.69, 9.17) is 11.6 Å². The Balaban J connectivity index is 2.23. The van der Waals surface area contributed by atoms with Crippen LogP contribution in [0, 0.1) is 6.92 Å². The summed E-state index contributed by atoms with van der Waals surface area (Å²) in [4.78, 5) is 4.22. The van der Waals surface area contributed by atoms with E-state index in [1.165, 1.54) is 0 Å². The van der Waals surface area contributed by atoms with Gasteiger partial charge in [-0.25, -0.2) is 0 Å². The van der Waals surface area contributed by atoms with Crippen molar-refractivity contribution in [3.63, 3.8) is 0 Å². The summed E-state index contributed by atoms with van der Waals surface area (Å²) in [6, 6.07) is 7.30. The third kappa shape index (κ3) is 1.74. The van der Waals surface area contributed by atoms with E-state index in [0.717, 1.165) is 11.3 Å². The third-order valence-electron chi connectivity index (χ3n) is 2.40. The topological polar surface area (TPSA) is 56.0 Å². The minimum Gasteiger partial charge on any atom is -0.261 e. The normalized spacial score (nSPS) is 10.9. The van der Waals surface area contributed by atoms with Crippen molar-refractivity contribution < 1.29 is 0 Å². The second kappa shape index (κ2) is 3.78. The lowest BCUT2D eigenvalue weighted by Gasteiger charge is -1.99. The van der Waals surface area contributed by atoms with Gasteiger partial charge in [-0.05, 0) is 31.2 Å². The Morgan fingerprint density at radius 2 is 2.00 bits per heavy atom. The van der Waals surface area contributed by atoms with Crippen LogP contribution in [0.15, 0.2) is 30.5 Å². The highest BCUT2D eigenvalue weighted by Crippen LogP contribution is 2.17. The van der Waals surface area contributed by atoms with Gasteiger partial charge in [-0.1, -0.05) is 11.6 Å². The summed E-state index contributed by atoms with van der Waals surface area (Å²) in [5.41, 5.74) is 2.47. The standard InChI is InChI=1S/C11H8ClN5/c1-7-2-3-8(6-13-7)11-15-14-10-5-4-9(12)16-17(10)11/h2-6H,1H3. The zero-order valence-electron chi connectivity index (χ0n) is 9.00. The molecule has 0 bridgehead atoms. The number of rotatable bonds is 1. The van der Waals surface area contributed by atoms with Crippen molar-refractivity contribution in [2.45, 2.75) is 6.92 Å². The van der Waals surface area contributed by atoms with Gasteiger partial charge in [0.05, 0.1) is 0 Å². The molecule has 0 amide bonds. The van der Waals surface area contributed by atoms with Crippen molar-refractivity contribution in [2.75, 3.05) is 0 Å². The van der Waals surface area contributed by atoms with E-state index in [1.54, 1.807) is 22.8 Å². The average Bonchev–Trinajstić information content (AvgIpc) is 2.73. The molecular formula is C11H8ClN5. The molecule has 0 aromatic carbocycles. The first-order valence-corrected chi connectivity index (χ1v) is 5.43. The van der Waals surface area contributed by atoms with Gasteiger partial charge in [-0.2, -0.15) is 9.61 Å². The van der Waals surface area contributed by atoms with Crippen LogP contribution in [-0.4, -0.2) is 24.8 Å². The van der Waals surface area contributed by atoms with Crippen LogP contribution in [0.2, 0.25) is 5.15 Å². The highest BCUT2D eigenvalue weighted by molar-refractivity contribution is 6.29. The summed E-state index contributed by atoms with van der Waals surface area (Å²) in [5.74, 6) is 0.634. The second-order valence-electron chi connectivity index (χ2n) is 3.64. The Hall–Kier alpha value is -2.01. The summed E-state index contributed by atoms with van der Waals surface area (Å²) in [5, 5.41) is 12.7. The van der Waals surface area contributed by atoms with E-state index < -0.39 is 0 Å². The zero-order valence-corrected chi connectivity index (χ0v) is 9.76. The number of pyridine rings is 1. The van der Waals surface area contributed by atoms with E-state index in [9.17, 15) is 0 Å². The number of nitrogens with zero attached hydrogens (tertiary/aromatic N) is 5. The molecular weight excluding hydrogens is 238 g/mol. The Bertz CT molecular complexity index is 674. The second-order valence-corrected chi connectivity index (χ2v) is 4.03. The summed E-state index contributed by atoms with van der Waals surface area (Å²) in [6.45, 7) is 1.93. The Kier molecular flexibility index (Phi) is 2.26. The SMILES string of the molecule is Cc1ccc(-c2nnc3ccc(Cl)nn23)cn1. The maximum absolute atomic E-state index is 5.86. The van der Waals surface area contributed by atoms with E-state index in [2.05, 4.69) is 20.3 Å². The molecule has 3 rings (SSSR count). The number of halogens is 1. The van der Waals surface area contributed by atoms with Crippen LogP contribution < -0.4 is 0 Å². The first kappa shape index (κ1) is 10.2. The van der Waals surface area contributed by atoms with Gasteiger partial charge in [0.15, 0.2) is 11.5 Å². The summed E-state index contributed by atoms with van der Waals surface area (Å²) < 4.78 is 1.61. The maximum atomic E-state index is 5.86. The fourth-order valence-corrected chi connectivity index (χ4v) is 1.69. The Morgan fingerprint density at radius 1 is 1.12 bits per heavy atom. The van der Waals surface area contributed by atoms with Crippen LogP contribution in [0.25, 0.3) is 17.0 Å². The van der Waals surface area contributed by atoms with Crippen molar-refractivity contribution >= 4 is 17.2 Å². The molecule has 0 aliphatic carbocycles. The van der Waals surface area contributed by atoms with Crippen LogP contribution in [0.4, 0.5) is 0 Å². The lowest BCUT2D eigenvalue weighted by molar-refractivity contribution is 0.934. The van der Waals surface area contributed by atoms with Gasteiger partial charge in [0.2, 0.25) is 0 Å². The van der Waals surface area contributed by atoms with E-state index in [-0.39, 0.29) is 0 Å². The molecule has 0 fully saturated rings. The maximum Gasteiger partial charge on any atom is 0.186 e. The molecule has 0 aliphatic heterocycles. The van der Waals surface area contributed by atoms with Gasteiger partial charge >= 0.3 is 0 Å². The van der Waals surface area contributed by atoms with Crippen LogP contribution >= 0.6 is 11.6 Å². The summed E-state index contributed by atoms with van der Waals surface area (Å²) in [7, 11) is 0. The minimum absolute atomic E-state index is 0.402. The lowest BCUT2D eigenvalue weighted by Crippen LogP contribution is -1.95. The van der Waals surface area contributed by atoms with Gasteiger partial charge in [0.25, 0.3) is 0 Å². The number of hydrogen-bond acceptors (Lipinski definition) is 4. The van der Waals surface area contributed by atoms with Crippen molar-refractivity contribution in [1.29, 1.82) is 0 Å². The average molecular weight is 246 g/mol. The predicted octanol–water partition coefficient (Wildman–Crippen LogP) is 2.15. The highest BCUT2D eigenvalue weighted by Gasteiger charge is 2.09. The first-order chi connectivity index (χ1) is 8.24. The summed E-state index contributed by atoms with van der Waals surface area (Å²) in [6.07, 6.45) is 1.74. The van der Waals surface area contributed by atoms with Crippen molar-refractivity contribution in [3.8, 4) is 11.4 Å². The molecule has 3 aromatic rings. The molecule has 0 atom stereocenters. The van der Waals surface area contributed by atoms with Crippen LogP contribution in [0.3, 0.4) is 0 Å². The number of aryl methyl sites for hydroxylation is 1. The van der Waals surface area contributed by atoms with Gasteiger partial charge < -0.3 is 0 Å². The van der Waals surface area contributed by atoms with Crippen LogP contribution in [0.5, 0.6) is 0 Å². The van der Waals surface area contributed by atoms with E-state index in [0.29, 0.717) is 16.6 Å². The fourth-order valence-electron chi connectivity index (χ4n) is 1.55. The molecule has 3 heterocycles. The molecule has 6 heteroatoms. The number of fused-ring (bicyclic) bond motifs is 1. The minimum atomic E-state index is 0.402. The monoisotopic (exact) mass is 245 g/mol. The van der Waals surface area contributed by atoms with E-state index in [1.807, 2.05) is 19.1 Å². The van der Waals surface area contributed by atoms with Crippen molar-refractivity contribution in [3.05, 3.63) is 41.3 Å². The molecule has 84 valence electrons. The molecule has 0 unspecified atom stereocenters. The van der Waals surface area contributed by atoms with Gasteiger partial charge in [0.1, 0.15) is 5.15 Å². The van der Waals surface area contributed by atoms with Gasteiger partial charge in [-0.3, -0.25) is 4.98 Å². The predicted molar refractivity (Wildman–Crippen MR) is 63.8 cm³/mol. The number of aromatic nitrogens is 5. The zero-order chi connectivity index (χ0) is 11.8. The van der Waals surface area contributed by atoms with Crippen LogP contribution in [-0.2, 0) is 0 Å².